The van der Waals surface area contributed by atoms with Crippen LogP contribution in [-0.4, -0.2) is 17.6 Å². The van der Waals surface area contributed by atoms with Gasteiger partial charge in [-0.25, -0.2) is 0 Å². The molecule has 3 nitrogen and oxygen atoms in total. The van der Waals surface area contributed by atoms with E-state index in [0.29, 0.717) is 12.3 Å². The van der Waals surface area contributed by atoms with E-state index in [0.717, 1.165) is 5.56 Å². The van der Waals surface area contributed by atoms with Crippen LogP contribution in [0.4, 0.5) is 0 Å². The van der Waals surface area contributed by atoms with Crippen molar-refractivity contribution < 1.29 is 9.90 Å². The molecule has 1 atom stereocenters. The van der Waals surface area contributed by atoms with Crippen molar-refractivity contribution >= 4 is 5.91 Å². The summed E-state index contributed by atoms with van der Waals surface area (Å²) in [5, 5.41) is 13.3. The maximum absolute atomic E-state index is 12.0. The molecule has 2 N–H and O–H groups in total. The Labute approximate surface area is 121 Å². The SMILES string of the molecule is CC(O)(CNC(=O)CC1CCCCC1)c1ccccc1. The molecule has 1 fully saturated rings. The molecule has 0 saturated heterocycles. The summed E-state index contributed by atoms with van der Waals surface area (Å²) in [4.78, 5) is 12.0. The summed E-state index contributed by atoms with van der Waals surface area (Å²) in [6.07, 6.45) is 6.75. The van der Waals surface area contributed by atoms with Gasteiger partial charge in [0.15, 0.2) is 0 Å². The van der Waals surface area contributed by atoms with Crippen molar-refractivity contribution in [3.05, 3.63) is 35.9 Å². The largest absolute Gasteiger partial charge is 0.384 e. The number of aliphatic hydroxyl groups is 1. The van der Waals surface area contributed by atoms with Crippen LogP contribution >= 0.6 is 0 Å². The molecule has 1 amide bonds. The lowest BCUT2D eigenvalue weighted by Gasteiger charge is -2.25. The highest BCUT2D eigenvalue weighted by Crippen LogP contribution is 2.26. The molecule has 0 spiro atoms. The van der Waals surface area contributed by atoms with E-state index >= 15 is 0 Å². The van der Waals surface area contributed by atoms with Crippen LogP contribution < -0.4 is 5.32 Å². The Bertz CT molecular complexity index is 422. The summed E-state index contributed by atoms with van der Waals surface area (Å²) in [6, 6.07) is 9.48. The van der Waals surface area contributed by atoms with Crippen LogP contribution in [0.2, 0.25) is 0 Å². The zero-order chi connectivity index (χ0) is 14.4. The van der Waals surface area contributed by atoms with Crippen LogP contribution in [0.1, 0.15) is 51.0 Å². The Morgan fingerprint density at radius 3 is 2.55 bits per heavy atom. The van der Waals surface area contributed by atoms with E-state index in [2.05, 4.69) is 5.32 Å². The minimum Gasteiger partial charge on any atom is -0.384 e. The molecule has 20 heavy (non-hydrogen) atoms. The van der Waals surface area contributed by atoms with E-state index in [1.54, 1.807) is 6.92 Å². The first-order valence-electron chi connectivity index (χ1n) is 7.62. The van der Waals surface area contributed by atoms with Crippen molar-refractivity contribution in [2.24, 2.45) is 5.92 Å². The molecule has 1 unspecified atom stereocenters. The molecule has 1 aromatic rings. The quantitative estimate of drug-likeness (QED) is 0.868. The Morgan fingerprint density at radius 2 is 1.90 bits per heavy atom. The van der Waals surface area contributed by atoms with Crippen LogP contribution in [0, 0.1) is 5.92 Å². The number of rotatable bonds is 5. The van der Waals surface area contributed by atoms with Crippen LogP contribution in [0.15, 0.2) is 30.3 Å². The Balaban J connectivity index is 1.80. The molecule has 1 saturated carbocycles. The van der Waals surface area contributed by atoms with Crippen molar-refractivity contribution in [3.63, 3.8) is 0 Å². The van der Waals surface area contributed by atoms with E-state index in [-0.39, 0.29) is 12.5 Å². The Morgan fingerprint density at radius 1 is 1.25 bits per heavy atom. The third-order valence-electron chi connectivity index (χ3n) is 4.22. The van der Waals surface area contributed by atoms with Crippen LogP contribution in [0.3, 0.4) is 0 Å². The molecule has 0 aromatic heterocycles. The van der Waals surface area contributed by atoms with Gasteiger partial charge in [0, 0.05) is 6.42 Å². The van der Waals surface area contributed by atoms with E-state index in [1.165, 1.54) is 32.1 Å². The zero-order valence-corrected chi connectivity index (χ0v) is 12.3. The van der Waals surface area contributed by atoms with E-state index in [9.17, 15) is 9.90 Å². The average molecular weight is 275 g/mol. The third kappa shape index (κ3) is 4.34. The van der Waals surface area contributed by atoms with E-state index in [1.807, 2.05) is 30.3 Å². The molecule has 0 bridgehead atoms. The summed E-state index contributed by atoms with van der Waals surface area (Å²) in [5.74, 6) is 0.596. The molecular weight excluding hydrogens is 250 g/mol. The van der Waals surface area contributed by atoms with Gasteiger partial charge in [0.2, 0.25) is 5.91 Å². The highest BCUT2D eigenvalue weighted by Gasteiger charge is 2.24. The lowest BCUT2D eigenvalue weighted by molar-refractivity contribution is -0.123. The monoisotopic (exact) mass is 275 g/mol. The molecular formula is C17H25NO2. The highest BCUT2D eigenvalue weighted by atomic mass is 16.3. The highest BCUT2D eigenvalue weighted by molar-refractivity contribution is 5.76. The van der Waals surface area contributed by atoms with Gasteiger partial charge in [-0.15, -0.1) is 0 Å². The summed E-state index contributed by atoms with van der Waals surface area (Å²) in [5.41, 5.74) is -0.179. The molecule has 1 aromatic carbocycles. The minimum atomic E-state index is -1.01. The fraction of sp³-hybridized carbons (Fsp3) is 0.588. The predicted molar refractivity (Wildman–Crippen MR) is 80.2 cm³/mol. The topological polar surface area (TPSA) is 49.3 Å². The van der Waals surface area contributed by atoms with Crippen molar-refractivity contribution in [1.29, 1.82) is 0 Å². The minimum absolute atomic E-state index is 0.0631. The van der Waals surface area contributed by atoms with Gasteiger partial charge >= 0.3 is 0 Å². The molecule has 0 aliphatic heterocycles. The molecule has 1 aliphatic rings. The summed E-state index contributed by atoms with van der Waals surface area (Å²) >= 11 is 0. The smallest absolute Gasteiger partial charge is 0.220 e. The number of hydrogen-bond acceptors (Lipinski definition) is 2. The normalized spacial score (nSPS) is 19.3. The molecule has 1 aliphatic carbocycles. The van der Waals surface area contributed by atoms with Crippen molar-refractivity contribution in [1.82, 2.24) is 5.32 Å². The molecule has 0 heterocycles. The maximum Gasteiger partial charge on any atom is 0.220 e. The van der Waals surface area contributed by atoms with E-state index in [4.69, 9.17) is 0 Å². The first-order chi connectivity index (χ1) is 9.58. The van der Waals surface area contributed by atoms with Gasteiger partial charge in [-0.1, -0.05) is 49.6 Å². The van der Waals surface area contributed by atoms with Crippen LogP contribution in [0.25, 0.3) is 0 Å². The second kappa shape index (κ2) is 6.89. The zero-order valence-electron chi connectivity index (χ0n) is 12.3. The standard InChI is InChI=1S/C17H25NO2/c1-17(20,15-10-6-3-7-11-15)13-18-16(19)12-14-8-4-2-5-9-14/h3,6-7,10-11,14,20H,2,4-5,8-9,12-13H2,1H3,(H,18,19). The first kappa shape index (κ1) is 15.0. The Hall–Kier alpha value is -1.35. The van der Waals surface area contributed by atoms with Gasteiger partial charge in [-0.05, 0) is 31.2 Å². The third-order valence-corrected chi connectivity index (χ3v) is 4.22. The average Bonchev–Trinajstić information content (AvgIpc) is 2.47. The number of carbonyl (C=O) groups is 1. The number of hydrogen-bond donors (Lipinski definition) is 2. The van der Waals surface area contributed by atoms with Crippen LogP contribution in [0.5, 0.6) is 0 Å². The Kier molecular flexibility index (Phi) is 5.18. The maximum atomic E-state index is 12.0. The molecule has 0 radical (unpaired) electrons. The van der Waals surface area contributed by atoms with Gasteiger partial charge in [0.25, 0.3) is 0 Å². The lowest BCUT2D eigenvalue weighted by Crippen LogP contribution is -2.39. The molecule has 3 heteroatoms. The van der Waals surface area contributed by atoms with Gasteiger partial charge in [0.1, 0.15) is 5.60 Å². The fourth-order valence-electron chi connectivity index (χ4n) is 2.90. The van der Waals surface area contributed by atoms with Gasteiger partial charge in [-0.2, -0.15) is 0 Å². The number of nitrogens with one attached hydrogen (secondary N) is 1. The van der Waals surface area contributed by atoms with Gasteiger partial charge in [-0.3, -0.25) is 4.79 Å². The molecule has 2 rings (SSSR count). The molecule has 110 valence electrons. The predicted octanol–water partition coefficient (Wildman–Crippen LogP) is 2.98. The van der Waals surface area contributed by atoms with Gasteiger partial charge in [0.05, 0.1) is 6.54 Å². The number of carbonyl (C=O) groups excluding carboxylic acids is 1. The van der Waals surface area contributed by atoms with Crippen molar-refractivity contribution in [2.45, 2.75) is 51.0 Å². The second-order valence-electron chi connectivity index (χ2n) is 6.12. The lowest BCUT2D eigenvalue weighted by atomic mass is 9.87. The van der Waals surface area contributed by atoms with Crippen molar-refractivity contribution in [2.75, 3.05) is 6.54 Å². The van der Waals surface area contributed by atoms with Crippen LogP contribution in [-0.2, 0) is 10.4 Å². The summed E-state index contributed by atoms with van der Waals surface area (Å²) in [6.45, 7) is 2.01. The van der Waals surface area contributed by atoms with Crippen molar-refractivity contribution in [3.8, 4) is 0 Å². The number of amides is 1. The summed E-state index contributed by atoms with van der Waals surface area (Å²) < 4.78 is 0. The second-order valence-corrected chi connectivity index (χ2v) is 6.12. The van der Waals surface area contributed by atoms with E-state index < -0.39 is 5.60 Å². The fourth-order valence-corrected chi connectivity index (χ4v) is 2.90. The first-order valence-corrected chi connectivity index (χ1v) is 7.62. The van der Waals surface area contributed by atoms with Gasteiger partial charge < -0.3 is 10.4 Å². The number of benzene rings is 1. The summed E-state index contributed by atoms with van der Waals surface area (Å²) in [7, 11) is 0.